The smallest absolute Gasteiger partial charge is 0.0464 e. The van der Waals surface area contributed by atoms with Gasteiger partial charge in [-0.1, -0.05) is 69.5 Å². The molecule has 0 saturated heterocycles. The Morgan fingerprint density at radius 2 is 1.50 bits per heavy atom. The molecule has 3 heteroatoms. The lowest BCUT2D eigenvalue weighted by Gasteiger charge is -2.00. The molecule has 0 unspecified atom stereocenters. The summed E-state index contributed by atoms with van der Waals surface area (Å²) < 4.78 is 0. The Kier molecular flexibility index (Phi) is 13.3. The summed E-state index contributed by atoms with van der Waals surface area (Å²) in [6.45, 7) is 10.0. The molecule has 0 saturated carbocycles. The van der Waals surface area contributed by atoms with Gasteiger partial charge in [0, 0.05) is 11.1 Å². The SMILES string of the molecule is CC.CC.Cc1ccc(/C(N)=C/SN)cc1. The molecule has 1 aromatic rings. The number of nitrogens with two attached hydrogens (primary N) is 2. The Morgan fingerprint density at radius 1 is 1.06 bits per heavy atom. The van der Waals surface area contributed by atoms with E-state index in [4.69, 9.17) is 10.9 Å². The predicted molar refractivity (Wildman–Crippen MR) is 77.8 cm³/mol. The van der Waals surface area contributed by atoms with Gasteiger partial charge >= 0.3 is 0 Å². The van der Waals surface area contributed by atoms with Crippen molar-refractivity contribution in [3.63, 3.8) is 0 Å². The van der Waals surface area contributed by atoms with E-state index in [-0.39, 0.29) is 0 Å². The highest BCUT2D eigenvalue weighted by molar-refractivity contribution is 8.00. The van der Waals surface area contributed by atoms with Crippen LogP contribution in [0.4, 0.5) is 0 Å². The minimum Gasteiger partial charge on any atom is -0.398 e. The summed E-state index contributed by atoms with van der Waals surface area (Å²) in [5.41, 5.74) is 8.67. The van der Waals surface area contributed by atoms with Crippen molar-refractivity contribution >= 4 is 17.6 Å². The van der Waals surface area contributed by atoms with Crippen molar-refractivity contribution in [1.29, 1.82) is 0 Å². The Morgan fingerprint density at radius 3 is 1.88 bits per heavy atom. The fraction of sp³-hybridized carbons (Fsp3) is 0.385. The molecule has 1 aromatic carbocycles. The van der Waals surface area contributed by atoms with E-state index in [1.165, 1.54) is 5.56 Å². The molecule has 0 amide bonds. The molecule has 4 N–H and O–H groups in total. The van der Waals surface area contributed by atoms with Crippen LogP contribution in [0.1, 0.15) is 38.8 Å². The fourth-order valence-electron chi connectivity index (χ4n) is 0.887. The van der Waals surface area contributed by atoms with E-state index in [0.717, 1.165) is 17.5 Å². The van der Waals surface area contributed by atoms with Gasteiger partial charge in [0.2, 0.25) is 0 Å². The molecule has 1 rings (SSSR count). The second-order valence-electron chi connectivity index (χ2n) is 2.58. The van der Waals surface area contributed by atoms with Crippen molar-refractivity contribution in [2.45, 2.75) is 34.6 Å². The van der Waals surface area contributed by atoms with E-state index in [0.29, 0.717) is 5.70 Å². The second kappa shape index (κ2) is 12.1. The molecule has 0 bridgehead atoms. The van der Waals surface area contributed by atoms with Gasteiger partial charge in [-0.3, -0.25) is 5.14 Å². The molecular formula is C13H24N2S. The Labute approximate surface area is 104 Å². The fourth-order valence-corrected chi connectivity index (χ4v) is 1.17. The number of rotatable bonds is 2. The van der Waals surface area contributed by atoms with Crippen LogP contribution >= 0.6 is 11.9 Å². The van der Waals surface area contributed by atoms with Crippen LogP contribution in [0.25, 0.3) is 5.70 Å². The molecule has 92 valence electrons. The zero-order chi connectivity index (χ0) is 13.0. The third-order valence-electron chi connectivity index (χ3n) is 1.58. The topological polar surface area (TPSA) is 52.0 Å². The van der Waals surface area contributed by atoms with Gasteiger partial charge in [0.05, 0.1) is 0 Å². The van der Waals surface area contributed by atoms with Crippen molar-refractivity contribution in [3.8, 4) is 0 Å². The van der Waals surface area contributed by atoms with Crippen molar-refractivity contribution < 1.29 is 0 Å². The maximum atomic E-state index is 5.72. The van der Waals surface area contributed by atoms with Gasteiger partial charge in [-0.05, 0) is 12.5 Å². The molecule has 0 radical (unpaired) electrons. The number of benzene rings is 1. The molecule has 0 spiro atoms. The summed E-state index contributed by atoms with van der Waals surface area (Å²) in [6, 6.07) is 8.02. The van der Waals surface area contributed by atoms with E-state index < -0.39 is 0 Å². The van der Waals surface area contributed by atoms with Crippen LogP contribution < -0.4 is 10.9 Å². The van der Waals surface area contributed by atoms with Crippen LogP contribution in [-0.4, -0.2) is 0 Å². The van der Waals surface area contributed by atoms with Crippen LogP contribution in [0, 0.1) is 6.92 Å². The number of aryl methyl sites for hydroxylation is 1. The summed E-state index contributed by atoms with van der Waals surface area (Å²) in [5, 5.41) is 6.98. The number of hydrogen-bond donors (Lipinski definition) is 2. The zero-order valence-corrected chi connectivity index (χ0v) is 11.8. The first-order valence-electron chi connectivity index (χ1n) is 5.62. The summed E-state index contributed by atoms with van der Waals surface area (Å²) in [5.74, 6) is 0. The standard InChI is InChI=1S/C9H12N2S.2C2H6/c1-7-2-4-8(5-3-7)9(10)6-12-11;2*1-2/h2-6H,10-11H2,1H3;2*1-2H3/b9-6-;;. The maximum absolute atomic E-state index is 5.72. The number of hydrogen-bond acceptors (Lipinski definition) is 3. The second-order valence-corrected chi connectivity index (χ2v) is 3.08. The monoisotopic (exact) mass is 240 g/mol. The van der Waals surface area contributed by atoms with Crippen molar-refractivity contribution in [3.05, 3.63) is 40.8 Å². The first-order valence-corrected chi connectivity index (χ1v) is 6.56. The van der Waals surface area contributed by atoms with Gasteiger partial charge in [-0.25, -0.2) is 0 Å². The van der Waals surface area contributed by atoms with Crippen LogP contribution in [0.3, 0.4) is 0 Å². The lowest BCUT2D eigenvalue weighted by Crippen LogP contribution is -1.95. The molecule has 0 fully saturated rings. The molecular weight excluding hydrogens is 216 g/mol. The Balaban J connectivity index is 0. The molecule has 0 aliphatic heterocycles. The van der Waals surface area contributed by atoms with Crippen LogP contribution in [0.15, 0.2) is 29.7 Å². The van der Waals surface area contributed by atoms with Crippen molar-refractivity contribution in [1.82, 2.24) is 0 Å². The quantitative estimate of drug-likeness (QED) is 0.771. The summed E-state index contributed by atoms with van der Waals surface area (Å²) >= 11 is 1.12. The van der Waals surface area contributed by atoms with E-state index >= 15 is 0 Å². The van der Waals surface area contributed by atoms with Crippen LogP contribution in [0.2, 0.25) is 0 Å². The van der Waals surface area contributed by atoms with Crippen LogP contribution in [0.5, 0.6) is 0 Å². The van der Waals surface area contributed by atoms with E-state index in [9.17, 15) is 0 Å². The van der Waals surface area contributed by atoms with Crippen molar-refractivity contribution in [2.75, 3.05) is 0 Å². The lowest BCUT2D eigenvalue weighted by atomic mass is 10.1. The summed E-state index contributed by atoms with van der Waals surface area (Å²) in [7, 11) is 0. The third kappa shape index (κ3) is 7.37. The van der Waals surface area contributed by atoms with Gasteiger partial charge in [-0.2, -0.15) is 0 Å². The molecule has 2 nitrogen and oxygen atoms in total. The molecule has 0 atom stereocenters. The van der Waals surface area contributed by atoms with E-state index in [1.54, 1.807) is 5.41 Å². The Bertz CT molecular complexity index is 278. The Hall–Kier alpha value is -0.930. The summed E-state index contributed by atoms with van der Waals surface area (Å²) in [4.78, 5) is 0. The highest BCUT2D eigenvalue weighted by Gasteiger charge is 1.93. The first kappa shape index (κ1) is 17.5. The molecule has 0 heterocycles. The highest BCUT2D eigenvalue weighted by Crippen LogP contribution is 2.11. The van der Waals surface area contributed by atoms with E-state index in [1.807, 2.05) is 58.9 Å². The van der Waals surface area contributed by atoms with Gasteiger partial charge in [0.1, 0.15) is 0 Å². The first-order chi connectivity index (χ1) is 7.74. The average molecular weight is 240 g/mol. The zero-order valence-electron chi connectivity index (χ0n) is 10.9. The molecule has 16 heavy (non-hydrogen) atoms. The van der Waals surface area contributed by atoms with E-state index in [2.05, 4.69) is 0 Å². The molecule has 0 aliphatic carbocycles. The van der Waals surface area contributed by atoms with Gasteiger partial charge in [-0.15, -0.1) is 0 Å². The average Bonchev–Trinajstić information content (AvgIpc) is 2.35. The largest absolute Gasteiger partial charge is 0.398 e. The maximum Gasteiger partial charge on any atom is 0.0464 e. The van der Waals surface area contributed by atoms with Crippen molar-refractivity contribution in [2.24, 2.45) is 10.9 Å². The molecule has 0 aliphatic rings. The van der Waals surface area contributed by atoms with Gasteiger partial charge in [0.25, 0.3) is 0 Å². The predicted octanol–water partition coefficient (Wildman–Crippen LogP) is 3.91. The normalized spacial score (nSPS) is 9.50. The highest BCUT2D eigenvalue weighted by atomic mass is 32.2. The van der Waals surface area contributed by atoms with Gasteiger partial charge < -0.3 is 5.73 Å². The lowest BCUT2D eigenvalue weighted by molar-refractivity contribution is 1.43. The third-order valence-corrected chi connectivity index (χ3v) is 1.97. The summed E-state index contributed by atoms with van der Waals surface area (Å²) in [6.07, 6.45) is 0. The van der Waals surface area contributed by atoms with Gasteiger partial charge in [0.15, 0.2) is 0 Å². The molecule has 0 aromatic heterocycles. The van der Waals surface area contributed by atoms with Crippen LogP contribution in [-0.2, 0) is 0 Å². The minimum atomic E-state index is 0.711. The minimum absolute atomic E-state index is 0.711.